The SMILES string of the molecule is Cc1cc2nc3c4ccccc4n(CC(=O)NCCCCCCNC(=O)C[n+]4cc5c6cc(C)c(C)cc6[nH]c5c5ccccc54)cc-3c2cc1C. The largest absolute Gasteiger partial charge is 0.355 e. The lowest BCUT2D eigenvalue weighted by Gasteiger charge is -2.15. The number of fused-ring (bicyclic) bond motifs is 10. The number of carbonyl (C=O) groups excluding carboxylic acids is 2. The van der Waals surface area contributed by atoms with Crippen molar-refractivity contribution in [2.45, 2.75) is 66.5 Å². The fourth-order valence-corrected chi connectivity index (χ4v) is 7.63. The summed E-state index contributed by atoms with van der Waals surface area (Å²) >= 11 is 0. The summed E-state index contributed by atoms with van der Waals surface area (Å²) in [6.45, 7) is 10.3. The van der Waals surface area contributed by atoms with Crippen molar-refractivity contribution in [1.82, 2.24) is 25.2 Å². The molecule has 4 aromatic carbocycles. The van der Waals surface area contributed by atoms with Gasteiger partial charge in [0.2, 0.25) is 18.0 Å². The standard InChI is InChI=1S/C44H44N6O2/c1-27-19-33-35-23-49(39-15-9-7-13-31(39)43(35)47-37(33)21-29(27)3)25-41(51)45-17-11-5-6-12-18-46-42(52)26-50-24-36-34-20-28(2)30(4)22-38(34)48-44(36)32-14-8-10-16-40(32)50/h7-10,13-16,19-24H,5-6,11-12,17-18,25-26H2,1-4H3,(H2,45,46,51,52)/p+1. The Morgan fingerprint density at radius 1 is 0.712 bits per heavy atom. The first-order valence-corrected chi connectivity index (χ1v) is 18.4. The van der Waals surface area contributed by atoms with Gasteiger partial charge >= 0.3 is 0 Å². The van der Waals surface area contributed by atoms with E-state index in [0.29, 0.717) is 13.1 Å². The molecule has 2 amide bonds. The van der Waals surface area contributed by atoms with E-state index >= 15 is 0 Å². The molecule has 0 aliphatic carbocycles. The van der Waals surface area contributed by atoms with Crippen molar-refractivity contribution >= 4 is 66.3 Å². The molecule has 0 fully saturated rings. The highest BCUT2D eigenvalue weighted by molar-refractivity contribution is 6.15. The van der Waals surface area contributed by atoms with Crippen LogP contribution in [0.25, 0.3) is 65.8 Å². The van der Waals surface area contributed by atoms with Crippen LogP contribution in [0.3, 0.4) is 0 Å². The highest BCUT2D eigenvalue weighted by atomic mass is 16.2. The van der Waals surface area contributed by atoms with Crippen molar-refractivity contribution < 1.29 is 14.2 Å². The fourth-order valence-electron chi connectivity index (χ4n) is 7.63. The molecule has 6 aromatic rings. The van der Waals surface area contributed by atoms with Crippen LogP contribution in [0.15, 0.2) is 85.2 Å². The molecule has 2 aliphatic rings. The van der Waals surface area contributed by atoms with Gasteiger partial charge in [-0.2, -0.15) is 4.57 Å². The van der Waals surface area contributed by atoms with Crippen molar-refractivity contribution in [2.75, 3.05) is 13.1 Å². The third kappa shape index (κ3) is 6.23. The Labute approximate surface area is 303 Å². The highest BCUT2D eigenvalue weighted by Crippen LogP contribution is 2.37. The first kappa shape index (κ1) is 33.4. The van der Waals surface area contributed by atoms with Crippen LogP contribution in [0, 0.1) is 27.7 Å². The van der Waals surface area contributed by atoms with E-state index in [-0.39, 0.29) is 24.9 Å². The Morgan fingerprint density at radius 2 is 1.37 bits per heavy atom. The smallest absolute Gasteiger partial charge is 0.286 e. The number of carbonyl (C=O) groups is 2. The van der Waals surface area contributed by atoms with Gasteiger partial charge in [-0.3, -0.25) is 9.59 Å². The van der Waals surface area contributed by atoms with Crippen LogP contribution in [-0.2, 0) is 22.7 Å². The van der Waals surface area contributed by atoms with Crippen LogP contribution >= 0.6 is 0 Å². The zero-order valence-electron chi connectivity index (χ0n) is 30.4. The lowest BCUT2D eigenvalue weighted by atomic mass is 10.0. The summed E-state index contributed by atoms with van der Waals surface area (Å²) in [7, 11) is 0. The van der Waals surface area contributed by atoms with Gasteiger partial charge in [-0.05, 0) is 99.2 Å². The van der Waals surface area contributed by atoms with E-state index in [9.17, 15) is 9.59 Å². The molecule has 262 valence electrons. The molecular weight excluding hydrogens is 645 g/mol. The monoisotopic (exact) mass is 689 g/mol. The first-order valence-electron chi connectivity index (χ1n) is 18.4. The zero-order valence-corrected chi connectivity index (χ0v) is 30.4. The number of amides is 2. The number of aromatic nitrogens is 4. The number of para-hydroxylation sites is 2. The number of H-pyrrole nitrogens is 1. The third-order valence-corrected chi connectivity index (χ3v) is 10.7. The van der Waals surface area contributed by atoms with Gasteiger partial charge in [0.15, 0.2) is 6.20 Å². The second-order valence-corrected chi connectivity index (χ2v) is 14.4. The number of hydrogen-bond donors (Lipinski definition) is 3. The molecule has 0 atom stereocenters. The number of aromatic amines is 1. The first-order chi connectivity index (χ1) is 25.2. The summed E-state index contributed by atoms with van der Waals surface area (Å²) in [6.07, 6.45) is 7.95. The van der Waals surface area contributed by atoms with E-state index in [4.69, 9.17) is 4.98 Å². The van der Waals surface area contributed by atoms with Crippen molar-refractivity contribution in [1.29, 1.82) is 0 Å². The Balaban J connectivity index is 0.829. The van der Waals surface area contributed by atoms with Crippen LogP contribution in [0.2, 0.25) is 0 Å². The molecule has 2 aromatic heterocycles. The average molecular weight is 690 g/mol. The van der Waals surface area contributed by atoms with Crippen molar-refractivity contribution in [3.8, 4) is 11.3 Å². The fraction of sp³-hybridized carbons (Fsp3) is 0.273. The summed E-state index contributed by atoms with van der Waals surface area (Å²) in [5.74, 6) is 0.00586. The molecule has 0 unspecified atom stereocenters. The molecule has 0 bridgehead atoms. The molecule has 0 saturated carbocycles. The highest BCUT2D eigenvalue weighted by Gasteiger charge is 2.21. The van der Waals surface area contributed by atoms with Gasteiger partial charge in [0.1, 0.15) is 6.54 Å². The van der Waals surface area contributed by atoms with Gasteiger partial charge in [0.05, 0.1) is 33.0 Å². The molecule has 8 heteroatoms. The molecular formula is C44H45N6O2+. The van der Waals surface area contributed by atoms with Gasteiger partial charge in [-0.1, -0.05) is 43.2 Å². The minimum Gasteiger partial charge on any atom is -0.355 e. The topological polar surface area (TPSA) is 95.7 Å². The van der Waals surface area contributed by atoms with Gasteiger partial charge in [-0.25, -0.2) is 4.98 Å². The number of hydrogen-bond acceptors (Lipinski definition) is 3. The molecule has 0 saturated heterocycles. The number of pyridine rings is 2. The maximum absolute atomic E-state index is 13.1. The maximum atomic E-state index is 13.1. The third-order valence-electron chi connectivity index (χ3n) is 10.7. The Bertz CT molecular complexity index is 2590. The number of rotatable bonds is 11. The van der Waals surface area contributed by atoms with E-state index in [1.165, 1.54) is 27.6 Å². The van der Waals surface area contributed by atoms with Crippen LogP contribution < -0.4 is 15.2 Å². The van der Waals surface area contributed by atoms with Crippen LogP contribution in [0.4, 0.5) is 0 Å². The lowest BCUT2D eigenvalue weighted by Crippen LogP contribution is -2.43. The number of nitrogens with zero attached hydrogens (tertiary/aromatic N) is 3. The number of benzene rings is 4. The molecule has 4 heterocycles. The number of nitrogens with one attached hydrogen (secondary N) is 3. The van der Waals surface area contributed by atoms with Crippen LogP contribution in [0.1, 0.15) is 47.9 Å². The molecule has 2 aliphatic heterocycles. The summed E-state index contributed by atoms with van der Waals surface area (Å²) in [4.78, 5) is 34.8. The van der Waals surface area contributed by atoms with E-state index in [0.717, 1.165) is 86.1 Å². The quantitative estimate of drug-likeness (QED) is 0.0947. The predicted octanol–water partition coefficient (Wildman–Crippen LogP) is 8.10. The van der Waals surface area contributed by atoms with Gasteiger partial charge in [0.25, 0.3) is 5.91 Å². The summed E-state index contributed by atoms with van der Waals surface area (Å²) in [5, 5.41) is 11.8. The van der Waals surface area contributed by atoms with Crippen molar-refractivity contribution in [3.05, 3.63) is 107 Å². The Morgan fingerprint density at radius 3 is 2.15 bits per heavy atom. The Hall–Kier alpha value is -5.76. The summed E-state index contributed by atoms with van der Waals surface area (Å²) in [6, 6.07) is 25.2. The minimum absolute atomic E-state index is 0.00120. The maximum Gasteiger partial charge on any atom is 0.286 e. The minimum atomic E-state index is -0.00120. The van der Waals surface area contributed by atoms with Crippen LogP contribution in [-0.4, -0.2) is 39.4 Å². The number of unbranched alkanes of at least 4 members (excludes halogenated alkanes) is 3. The molecule has 52 heavy (non-hydrogen) atoms. The molecule has 3 N–H and O–H groups in total. The predicted molar refractivity (Wildman–Crippen MR) is 211 cm³/mol. The van der Waals surface area contributed by atoms with Crippen molar-refractivity contribution in [3.63, 3.8) is 0 Å². The summed E-state index contributed by atoms with van der Waals surface area (Å²) in [5.41, 5.74) is 12.3. The second kappa shape index (κ2) is 13.8. The lowest BCUT2D eigenvalue weighted by molar-refractivity contribution is -0.657. The van der Waals surface area contributed by atoms with Crippen LogP contribution in [0.5, 0.6) is 0 Å². The van der Waals surface area contributed by atoms with E-state index in [2.05, 4.69) is 109 Å². The van der Waals surface area contributed by atoms with E-state index < -0.39 is 0 Å². The number of aryl methyl sites for hydroxylation is 4. The van der Waals surface area contributed by atoms with E-state index in [1.807, 2.05) is 28.8 Å². The molecule has 0 spiro atoms. The normalized spacial score (nSPS) is 11.8. The van der Waals surface area contributed by atoms with Gasteiger partial charge in [0, 0.05) is 52.6 Å². The van der Waals surface area contributed by atoms with E-state index in [1.54, 1.807) is 0 Å². The van der Waals surface area contributed by atoms with Gasteiger partial charge < -0.3 is 20.2 Å². The second-order valence-electron chi connectivity index (χ2n) is 14.4. The molecule has 8 rings (SSSR count). The average Bonchev–Trinajstić information content (AvgIpc) is 3.67. The van der Waals surface area contributed by atoms with Gasteiger partial charge in [-0.15, -0.1) is 0 Å². The molecule has 0 radical (unpaired) electrons. The molecule has 8 nitrogen and oxygen atoms in total. The van der Waals surface area contributed by atoms with Crippen molar-refractivity contribution in [2.24, 2.45) is 0 Å². The summed E-state index contributed by atoms with van der Waals surface area (Å²) < 4.78 is 4.12. The Kier molecular flexibility index (Phi) is 8.83. The zero-order chi connectivity index (χ0) is 35.9.